The third kappa shape index (κ3) is 2.59. The lowest BCUT2D eigenvalue weighted by Crippen LogP contribution is -1.86. The van der Waals surface area contributed by atoms with Crippen molar-refractivity contribution >= 4 is 15.9 Å². The van der Waals surface area contributed by atoms with Crippen molar-refractivity contribution in [2.45, 2.75) is 6.42 Å². The van der Waals surface area contributed by atoms with Crippen LogP contribution < -0.4 is 0 Å². The summed E-state index contributed by atoms with van der Waals surface area (Å²) in [6.07, 6.45) is 2.45. The number of allylic oxidation sites excluding steroid dienone is 1. The van der Waals surface area contributed by atoms with Gasteiger partial charge in [-0.15, -0.1) is 6.58 Å². The molecule has 0 saturated carbocycles. The fourth-order valence-electron chi connectivity index (χ4n) is 1.76. The smallest absolute Gasteiger partial charge is 0.133 e. The molecule has 0 spiro atoms. The van der Waals surface area contributed by atoms with Gasteiger partial charge in [0.25, 0.3) is 0 Å². The predicted molar refractivity (Wildman–Crippen MR) is 75.1 cm³/mol. The van der Waals surface area contributed by atoms with Crippen LogP contribution in [-0.2, 0) is 6.42 Å². The number of halogens is 1. The number of hydrogen-bond donors (Lipinski definition) is 1. The lowest BCUT2D eigenvalue weighted by Gasteiger charge is -2.09. The highest BCUT2D eigenvalue weighted by Gasteiger charge is 2.08. The average Bonchev–Trinajstić information content (AvgIpc) is 2.36. The van der Waals surface area contributed by atoms with E-state index in [0.717, 1.165) is 21.2 Å². The Morgan fingerprint density at radius 3 is 2.47 bits per heavy atom. The first kappa shape index (κ1) is 11.9. The summed E-state index contributed by atoms with van der Waals surface area (Å²) in [5.41, 5.74) is 3.11. The molecule has 0 aliphatic heterocycles. The molecular weight excluding hydrogens is 276 g/mol. The fourth-order valence-corrected chi connectivity index (χ4v) is 2.27. The molecule has 0 heterocycles. The zero-order valence-corrected chi connectivity index (χ0v) is 10.9. The van der Waals surface area contributed by atoms with Crippen LogP contribution in [0.2, 0.25) is 0 Å². The average molecular weight is 289 g/mol. The van der Waals surface area contributed by atoms with E-state index >= 15 is 0 Å². The molecular formula is C15H13BrO. The zero-order valence-electron chi connectivity index (χ0n) is 9.36. The van der Waals surface area contributed by atoms with Gasteiger partial charge in [-0.05, 0) is 51.2 Å². The summed E-state index contributed by atoms with van der Waals surface area (Å²) in [6, 6.07) is 14.0. The van der Waals surface area contributed by atoms with Crippen LogP contribution in [0.1, 0.15) is 5.56 Å². The van der Waals surface area contributed by atoms with Crippen molar-refractivity contribution in [2.24, 2.45) is 0 Å². The molecule has 1 nitrogen and oxygen atoms in total. The molecule has 0 atom stereocenters. The zero-order chi connectivity index (χ0) is 12.3. The molecule has 0 bridgehead atoms. The third-order valence-electron chi connectivity index (χ3n) is 2.61. The highest BCUT2D eigenvalue weighted by molar-refractivity contribution is 9.10. The first-order valence-electron chi connectivity index (χ1n) is 5.40. The third-order valence-corrected chi connectivity index (χ3v) is 3.22. The topological polar surface area (TPSA) is 20.2 Å². The van der Waals surface area contributed by atoms with Crippen LogP contribution in [0.4, 0.5) is 0 Å². The van der Waals surface area contributed by atoms with Crippen molar-refractivity contribution in [2.75, 3.05) is 0 Å². The summed E-state index contributed by atoms with van der Waals surface area (Å²) in [5, 5.41) is 9.91. The molecule has 2 aromatic rings. The summed E-state index contributed by atoms with van der Waals surface area (Å²) >= 11 is 3.38. The van der Waals surface area contributed by atoms with Crippen molar-refractivity contribution in [1.82, 2.24) is 0 Å². The second-order valence-corrected chi connectivity index (χ2v) is 4.68. The molecule has 1 N–H and O–H groups in total. The number of benzene rings is 2. The van der Waals surface area contributed by atoms with Gasteiger partial charge in [-0.1, -0.05) is 36.4 Å². The van der Waals surface area contributed by atoms with Gasteiger partial charge in [0, 0.05) is 0 Å². The van der Waals surface area contributed by atoms with Crippen LogP contribution in [0.3, 0.4) is 0 Å². The van der Waals surface area contributed by atoms with E-state index in [1.165, 1.54) is 0 Å². The Bertz CT molecular complexity index is 532. The van der Waals surface area contributed by atoms with Crippen LogP contribution in [0, 0.1) is 0 Å². The van der Waals surface area contributed by atoms with Crippen molar-refractivity contribution in [1.29, 1.82) is 0 Å². The molecule has 17 heavy (non-hydrogen) atoms. The molecule has 0 amide bonds. The minimum absolute atomic E-state index is 0.296. The normalized spacial score (nSPS) is 10.2. The van der Waals surface area contributed by atoms with E-state index in [1.54, 1.807) is 6.08 Å². The molecule has 0 unspecified atom stereocenters. The van der Waals surface area contributed by atoms with E-state index in [9.17, 15) is 5.11 Å². The monoisotopic (exact) mass is 288 g/mol. The van der Waals surface area contributed by atoms with Crippen molar-refractivity contribution in [3.8, 4) is 16.9 Å². The first-order valence-corrected chi connectivity index (χ1v) is 6.19. The molecule has 2 aromatic carbocycles. The number of phenols is 1. The summed E-state index contributed by atoms with van der Waals surface area (Å²) in [6.45, 7) is 3.70. The summed E-state index contributed by atoms with van der Waals surface area (Å²) < 4.78 is 0.718. The minimum Gasteiger partial charge on any atom is -0.506 e. The van der Waals surface area contributed by atoms with Crippen LogP contribution in [0.5, 0.6) is 5.75 Å². The maximum absolute atomic E-state index is 9.91. The Labute approximate surface area is 110 Å². The molecule has 2 heteroatoms. The van der Waals surface area contributed by atoms with Gasteiger partial charge in [0.1, 0.15) is 5.75 Å². The summed E-state index contributed by atoms with van der Waals surface area (Å²) in [5.74, 6) is 0.296. The Balaban J connectivity index is 2.53. The van der Waals surface area contributed by atoms with Gasteiger partial charge < -0.3 is 5.11 Å². The minimum atomic E-state index is 0.296. The van der Waals surface area contributed by atoms with Crippen molar-refractivity contribution in [3.63, 3.8) is 0 Å². The molecule has 0 aliphatic carbocycles. The highest BCUT2D eigenvalue weighted by Crippen LogP contribution is 2.34. The number of hydrogen-bond acceptors (Lipinski definition) is 1. The Morgan fingerprint density at radius 1 is 1.12 bits per heavy atom. The van der Waals surface area contributed by atoms with E-state index in [2.05, 4.69) is 34.6 Å². The number of aromatic hydroxyl groups is 1. The standard InChI is InChI=1S/C15H13BrO/c1-2-6-12-9-13(10-14(16)15(12)17)11-7-4-3-5-8-11/h2-5,7-10,17H,1,6H2. The largest absolute Gasteiger partial charge is 0.506 e. The highest BCUT2D eigenvalue weighted by atomic mass is 79.9. The van der Waals surface area contributed by atoms with Gasteiger partial charge in [0.05, 0.1) is 4.47 Å². The SMILES string of the molecule is C=CCc1cc(-c2ccccc2)cc(Br)c1O. The lowest BCUT2D eigenvalue weighted by atomic mass is 10.0. The molecule has 0 radical (unpaired) electrons. The Kier molecular flexibility index (Phi) is 3.64. The molecule has 86 valence electrons. The van der Waals surface area contributed by atoms with E-state index in [1.807, 2.05) is 30.3 Å². The van der Waals surface area contributed by atoms with Gasteiger partial charge in [-0.2, -0.15) is 0 Å². The van der Waals surface area contributed by atoms with Crippen LogP contribution >= 0.6 is 15.9 Å². The molecule has 0 aromatic heterocycles. The van der Waals surface area contributed by atoms with Gasteiger partial charge in [0.15, 0.2) is 0 Å². The second-order valence-electron chi connectivity index (χ2n) is 3.82. The predicted octanol–water partition coefficient (Wildman–Crippen LogP) is 4.55. The Hall–Kier alpha value is -1.54. The molecule has 0 aliphatic rings. The molecule has 0 saturated heterocycles. The van der Waals surface area contributed by atoms with E-state index in [-0.39, 0.29) is 0 Å². The van der Waals surface area contributed by atoms with Gasteiger partial charge in [-0.25, -0.2) is 0 Å². The van der Waals surface area contributed by atoms with Gasteiger partial charge in [0.2, 0.25) is 0 Å². The molecule has 2 rings (SSSR count). The lowest BCUT2D eigenvalue weighted by molar-refractivity contribution is 0.466. The van der Waals surface area contributed by atoms with Gasteiger partial charge in [-0.3, -0.25) is 0 Å². The van der Waals surface area contributed by atoms with E-state index in [0.29, 0.717) is 12.2 Å². The fraction of sp³-hybridized carbons (Fsp3) is 0.0667. The number of rotatable bonds is 3. The van der Waals surface area contributed by atoms with Crippen LogP contribution in [-0.4, -0.2) is 5.11 Å². The molecule has 0 fully saturated rings. The van der Waals surface area contributed by atoms with E-state index < -0.39 is 0 Å². The quantitative estimate of drug-likeness (QED) is 0.822. The summed E-state index contributed by atoms with van der Waals surface area (Å²) in [4.78, 5) is 0. The van der Waals surface area contributed by atoms with Crippen molar-refractivity contribution in [3.05, 3.63) is 65.2 Å². The second kappa shape index (κ2) is 5.19. The maximum atomic E-state index is 9.91. The first-order chi connectivity index (χ1) is 8.22. The van der Waals surface area contributed by atoms with Crippen LogP contribution in [0.15, 0.2) is 59.6 Å². The van der Waals surface area contributed by atoms with E-state index in [4.69, 9.17) is 0 Å². The van der Waals surface area contributed by atoms with Crippen molar-refractivity contribution < 1.29 is 5.11 Å². The number of phenolic OH excluding ortho intramolecular Hbond substituents is 1. The summed E-state index contributed by atoms with van der Waals surface area (Å²) in [7, 11) is 0. The van der Waals surface area contributed by atoms with Crippen LogP contribution in [0.25, 0.3) is 11.1 Å². The maximum Gasteiger partial charge on any atom is 0.133 e. The Morgan fingerprint density at radius 2 is 1.82 bits per heavy atom. The van der Waals surface area contributed by atoms with Gasteiger partial charge >= 0.3 is 0 Å².